The Morgan fingerprint density at radius 3 is 2.32 bits per heavy atom. The van der Waals surface area contributed by atoms with Crippen molar-refractivity contribution in [3.63, 3.8) is 0 Å². The zero-order valence-corrected chi connectivity index (χ0v) is 10.4. The van der Waals surface area contributed by atoms with Gasteiger partial charge in [0, 0.05) is 12.1 Å². The van der Waals surface area contributed by atoms with E-state index < -0.39 is 4.92 Å². The van der Waals surface area contributed by atoms with E-state index in [1.54, 1.807) is 12.1 Å². The van der Waals surface area contributed by atoms with Gasteiger partial charge in [-0.05, 0) is 35.9 Å². The number of nitrogens with zero attached hydrogens (tertiary/aromatic N) is 2. The largest absolute Gasteiger partial charge is 0.430 e. The summed E-state index contributed by atoms with van der Waals surface area (Å²) in [7, 11) is 0. The van der Waals surface area contributed by atoms with Crippen molar-refractivity contribution < 1.29 is 9.66 Å². The minimum absolute atomic E-state index is 0.000879. The number of nitro benzene ring substituents is 1. The molecule has 5 nitrogen and oxygen atoms in total. The first kappa shape index (κ1) is 13.0. The summed E-state index contributed by atoms with van der Waals surface area (Å²) in [5.74, 6) is 0.568. The highest BCUT2D eigenvalue weighted by Crippen LogP contribution is 2.19. The number of hydrogen-bond donors (Lipinski definition) is 0. The number of halogens is 1. The average molecular weight is 277 g/mol. The summed E-state index contributed by atoms with van der Waals surface area (Å²) < 4.78 is 5.28. The average Bonchev–Trinajstić information content (AvgIpc) is 2.40. The Morgan fingerprint density at radius 2 is 1.74 bits per heavy atom. The summed E-state index contributed by atoms with van der Waals surface area (Å²) in [6.45, 7) is 0. The molecule has 0 saturated heterocycles. The summed E-state index contributed by atoms with van der Waals surface area (Å²) in [4.78, 5) is 14.0. The molecule has 0 aromatic heterocycles. The van der Waals surface area contributed by atoms with Gasteiger partial charge in [0.1, 0.15) is 5.75 Å². The van der Waals surface area contributed by atoms with Crippen LogP contribution in [0.15, 0.2) is 59.6 Å². The van der Waals surface area contributed by atoms with E-state index in [0.29, 0.717) is 11.4 Å². The van der Waals surface area contributed by atoms with Crippen LogP contribution >= 0.6 is 11.6 Å². The molecule has 0 aliphatic rings. The Hall–Kier alpha value is -2.40. The first-order valence-corrected chi connectivity index (χ1v) is 5.74. The SMILES string of the molecule is O=[N+]([O-])c1ccc(N=C(Cl)Oc2ccccc2)cc1. The van der Waals surface area contributed by atoms with E-state index in [9.17, 15) is 10.1 Å². The summed E-state index contributed by atoms with van der Waals surface area (Å²) in [5.41, 5.74) is 0.477. The van der Waals surface area contributed by atoms with Gasteiger partial charge < -0.3 is 4.74 Å². The zero-order valence-electron chi connectivity index (χ0n) is 9.69. The number of nitro groups is 1. The molecule has 0 aliphatic heterocycles. The summed E-state index contributed by atoms with van der Waals surface area (Å²) in [5, 5.41) is 10.4. The van der Waals surface area contributed by atoms with Crippen LogP contribution in [0.2, 0.25) is 0 Å². The third-order valence-electron chi connectivity index (χ3n) is 2.22. The predicted octanol–water partition coefficient (Wildman–Crippen LogP) is 3.90. The highest BCUT2D eigenvalue weighted by atomic mass is 35.5. The lowest BCUT2D eigenvalue weighted by molar-refractivity contribution is -0.384. The second kappa shape index (κ2) is 5.97. The molecule has 0 heterocycles. The van der Waals surface area contributed by atoms with Crippen LogP contribution in [0.25, 0.3) is 0 Å². The van der Waals surface area contributed by atoms with Crippen LogP contribution in [-0.2, 0) is 0 Å². The number of rotatable bonds is 3. The third-order valence-corrected chi connectivity index (χ3v) is 2.38. The topological polar surface area (TPSA) is 64.7 Å². The van der Waals surface area contributed by atoms with Crippen LogP contribution in [0.4, 0.5) is 11.4 Å². The molecule has 0 spiro atoms. The van der Waals surface area contributed by atoms with Crippen LogP contribution in [0.3, 0.4) is 0 Å². The molecule has 0 radical (unpaired) electrons. The fourth-order valence-electron chi connectivity index (χ4n) is 1.36. The third kappa shape index (κ3) is 3.79. The predicted molar refractivity (Wildman–Crippen MR) is 73.1 cm³/mol. The molecule has 19 heavy (non-hydrogen) atoms. The Kier molecular flexibility index (Phi) is 4.10. The van der Waals surface area contributed by atoms with Gasteiger partial charge >= 0.3 is 0 Å². The molecule has 2 aromatic rings. The van der Waals surface area contributed by atoms with Crippen LogP contribution < -0.4 is 4.74 Å². The van der Waals surface area contributed by atoms with E-state index in [1.165, 1.54) is 24.3 Å². The van der Waals surface area contributed by atoms with E-state index in [-0.39, 0.29) is 11.0 Å². The first-order valence-electron chi connectivity index (χ1n) is 5.37. The van der Waals surface area contributed by atoms with Crippen molar-refractivity contribution in [1.82, 2.24) is 0 Å². The fraction of sp³-hybridized carbons (Fsp3) is 0. The molecule has 0 bridgehead atoms. The maximum Gasteiger partial charge on any atom is 0.292 e. The standard InChI is InChI=1S/C13H9ClN2O3/c14-13(19-12-4-2-1-3-5-12)15-10-6-8-11(9-7-10)16(17)18/h1-9H. The minimum Gasteiger partial charge on any atom is -0.430 e. The van der Waals surface area contributed by atoms with Gasteiger partial charge in [0.15, 0.2) is 0 Å². The van der Waals surface area contributed by atoms with E-state index in [1.807, 2.05) is 18.2 Å². The summed E-state index contributed by atoms with van der Waals surface area (Å²) >= 11 is 5.85. The van der Waals surface area contributed by atoms with Crippen molar-refractivity contribution in [2.75, 3.05) is 0 Å². The Bertz CT molecular complexity index is 597. The Labute approximate surface area is 114 Å². The molecule has 0 aliphatic carbocycles. The van der Waals surface area contributed by atoms with E-state index in [4.69, 9.17) is 16.3 Å². The van der Waals surface area contributed by atoms with Gasteiger partial charge in [0.2, 0.25) is 0 Å². The maximum atomic E-state index is 10.5. The van der Waals surface area contributed by atoms with Gasteiger partial charge in [-0.1, -0.05) is 18.2 Å². The number of benzene rings is 2. The Balaban J connectivity index is 2.10. The number of non-ortho nitro benzene ring substituents is 1. The fourth-order valence-corrected chi connectivity index (χ4v) is 1.55. The zero-order chi connectivity index (χ0) is 13.7. The molecular formula is C13H9ClN2O3. The minimum atomic E-state index is -0.477. The van der Waals surface area contributed by atoms with Crippen LogP contribution in [-0.4, -0.2) is 10.3 Å². The van der Waals surface area contributed by atoms with Crippen molar-refractivity contribution >= 4 is 28.3 Å². The van der Waals surface area contributed by atoms with Gasteiger partial charge in [-0.25, -0.2) is 4.99 Å². The summed E-state index contributed by atoms with van der Waals surface area (Å²) in [6, 6.07) is 14.7. The molecule has 0 unspecified atom stereocenters. The molecule has 2 aromatic carbocycles. The quantitative estimate of drug-likeness (QED) is 0.369. The number of ether oxygens (including phenoxy) is 1. The molecule has 96 valence electrons. The highest BCUT2D eigenvalue weighted by molar-refractivity contribution is 6.63. The molecule has 6 heteroatoms. The second-order valence-corrected chi connectivity index (χ2v) is 3.88. The molecular weight excluding hydrogens is 268 g/mol. The van der Waals surface area contributed by atoms with Gasteiger partial charge in [-0.15, -0.1) is 0 Å². The maximum absolute atomic E-state index is 10.5. The van der Waals surface area contributed by atoms with Crippen LogP contribution in [0.1, 0.15) is 0 Å². The van der Waals surface area contributed by atoms with Crippen molar-refractivity contribution in [1.29, 1.82) is 0 Å². The van der Waals surface area contributed by atoms with E-state index in [2.05, 4.69) is 4.99 Å². The van der Waals surface area contributed by atoms with Gasteiger partial charge in [-0.2, -0.15) is 0 Å². The van der Waals surface area contributed by atoms with Crippen molar-refractivity contribution in [3.05, 3.63) is 64.7 Å². The van der Waals surface area contributed by atoms with Crippen molar-refractivity contribution in [2.45, 2.75) is 0 Å². The monoisotopic (exact) mass is 276 g/mol. The van der Waals surface area contributed by atoms with Crippen molar-refractivity contribution in [3.8, 4) is 5.75 Å². The Morgan fingerprint density at radius 1 is 1.11 bits per heavy atom. The van der Waals surface area contributed by atoms with Gasteiger partial charge in [-0.3, -0.25) is 10.1 Å². The lowest BCUT2D eigenvalue weighted by atomic mass is 10.3. The highest BCUT2D eigenvalue weighted by Gasteiger charge is 2.04. The second-order valence-electron chi connectivity index (χ2n) is 3.55. The normalized spacial score (nSPS) is 11.1. The molecule has 0 atom stereocenters. The van der Waals surface area contributed by atoms with Crippen LogP contribution in [0.5, 0.6) is 5.75 Å². The molecule has 0 saturated carbocycles. The number of aliphatic imine (C=N–C) groups is 1. The lowest BCUT2D eigenvalue weighted by Gasteiger charge is -2.02. The lowest BCUT2D eigenvalue weighted by Crippen LogP contribution is -1.98. The summed E-state index contributed by atoms with van der Waals surface area (Å²) in [6.07, 6.45) is 0. The smallest absolute Gasteiger partial charge is 0.292 e. The number of para-hydroxylation sites is 1. The van der Waals surface area contributed by atoms with Gasteiger partial charge in [0.05, 0.1) is 10.6 Å². The van der Waals surface area contributed by atoms with Crippen LogP contribution in [0, 0.1) is 10.1 Å². The molecule has 2 rings (SSSR count). The van der Waals surface area contributed by atoms with E-state index >= 15 is 0 Å². The first-order chi connectivity index (χ1) is 9.15. The molecule has 0 fully saturated rings. The molecule has 0 N–H and O–H groups in total. The van der Waals surface area contributed by atoms with E-state index in [0.717, 1.165) is 0 Å². The van der Waals surface area contributed by atoms with Crippen molar-refractivity contribution in [2.24, 2.45) is 4.99 Å². The van der Waals surface area contributed by atoms with Gasteiger partial charge in [0.25, 0.3) is 11.0 Å². The number of hydrogen-bond acceptors (Lipinski definition) is 4. The molecule has 0 amide bonds.